The summed E-state index contributed by atoms with van der Waals surface area (Å²) >= 11 is 0. The Bertz CT molecular complexity index is 1300. The average Bonchev–Trinajstić information content (AvgIpc) is 3.32. The van der Waals surface area contributed by atoms with Gasteiger partial charge in [0.25, 0.3) is 0 Å². The van der Waals surface area contributed by atoms with Crippen LogP contribution in [-0.4, -0.2) is 75.0 Å². The number of ether oxygens (including phenoxy) is 1. The first-order valence-corrected chi connectivity index (χ1v) is 13.0. The number of urea groups is 1. The van der Waals surface area contributed by atoms with Crippen LogP contribution in [0.15, 0.2) is 59.5 Å². The molecule has 2 amide bonds. The number of amides is 2. The standard InChI is InChI=1S/C25H31N5O4S/c1-18-16-24(22-6-4-5-7-23(22)27-18)28-25(31)26-13-15-30-14-12-19(17-30)29(2)35(32,33)21-10-8-20(34-3)9-11-21/h4-11,16,19H,12-15,17H2,1-3H3,(H2,26,27,28,31). The normalized spacial score (nSPS) is 16.5. The number of aromatic nitrogens is 1. The Morgan fingerprint density at radius 2 is 1.94 bits per heavy atom. The number of para-hydroxylation sites is 1. The van der Waals surface area contributed by atoms with Gasteiger partial charge in [-0.05, 0) is 56.3 Å². The summed E-state index contributed by atoms with van der Waals surface area (Å²) in [5.74, 6) is 0.613. The second kappa shape index (κ2) is 10.6. The molecule has 0 spiro atoms. The molecule has 1 aromatic heterocycles. The number of nitrogens with one attached hydrogen (secondary N) is 2. The minimum atomic E-state index is -3.59. The quantitative estimate of drug-likeness (QED) is 0.496. The van der Waals surface area contributed by atoms with E-state index in [2.05, 4.69) is 20.5 Å². The Balaban J connectivity index is 1.28. The first kappa shape index (κ1) is 24.9. The van der Waals surface area contributed by atoms with Gasteiger partial charge in [-0.2, -0.15) is 4.31 Å². The Morgan fingerprint density at radius 1 is 1.20 bits per heavy atom. The summed E-state index contributed by atoms with van der Waals surface area (Å²) in [7, 11) is -0.424. The van der Waals surface area contributed by atoms with Crippen LogP contribution in [0.5, 0.6) is 5.75 Å². The molecule has 1 fully saturated rings. The minimum Gasteiger partial charge on any atom is -0.497 e. The Hall–Kier alpha value is -3.21. The topological polar surface area (TPSA) is 104 Å². The molecule has 2 aromatic carbocycles. The Labute approximate surface area is 206 Å². The number of hydrogen-bond donors (Lipinski definition) is 2. The highest BCUT2D eigenvalue weighted by Crippen LogP contribution is 2.24. The summed E-state index contributed by atoms with van der Waals surface area (Å²) in [5, 5.41) is 6.70. The predicted molar refractivity (Wildman–Crippen MR) is 136 cm³/mol. The molecule has 1 saturated heterocycles. The molecule has 0 saturated carbocycles. The van der Waals surface area contributed by atoms with Crippen molar-refractivity contribution in [3.63, 3.8) is 0 Å². The molecule has 0 radical (unpaired) electrons. The van der Waals surface area contributed by atoms with Crippen molar-refractivity contribution in [1.29, 1.82) is 0 Å². The summed E-state index contributed by atoms with van der Waals surface area (Å²) in [6, 6.07) is 15.5. The molecule has 1 aliphatic rings. The molecule has 2 N–H and O–H groups in total. The van der Waals surface area contributed by atoms with Crippen LogP contribution >= 0.6 is 0 Å². The average molecular weight is 498 g/mol. The zero-order valence-corrected chi connectivity index (χ0v) is 21.0. The molecule has 35 heavy (non-hydrogen) atoms. The van der Waals surface area contributed by atoms with Gasteiger partial charge in [-0.3, -0.25) is 9.88 Å². The van der Waals surface area contributed by atoms with E-state index in [1.54, 1.807) is 38.4 Å². The van der Waals surface area contributed by atoms with E-state index in [9.17, 15) is 13.2 Å². The number of rotatable bonds is 8. The van der Waals surface area contributed by atoms with Crippen LogP contribution in [0.4, 0.5) is 10.5 Å². The number of methoxy groups -OCH3 is 1. The molecule has 2 heterocycles. The number of carbonyl (C=O) groups is 1. The largest absolute Gasteiger partial charge is 0.497 e. The molecule has 3 aromatic rings. The third kappa shape index (κ3) is 5.72. The molecule has 1 unspecified atom stereocenters. The molecule has 9 nitrogen and oxygen atoms in total. The monoisotopic (exact) mass is 497 g/mol. The van der Waals surface area contributed by atoms with Gasteiger partial charge in [-0.25, -0.2) is 13.2 Å². The second-order valence-electron chi connectivity index (χ2n) is 8.65. The Morgan fingerprint density at radius 3 is 2.69 bits per heavy atom. The van der Waals surface area contributed by atoms with Crippen molar-refractivity contribution in [2.24, 2.45) is 0 Å². The summed E-state index contributed by atoms with van der Waals surface area (Å²) in [4.78, 5) is 19.4. The molecule has 4 rings (SSSR count). The number of benzene rings is 2. The van der Waals surface area contributed by atoms with Crippen molar-refractivity contribution >= 4 is 32.6 Å². The van der Waals surface area contributed by atoms with Gasteiger partial charge in [0.1, 0.15) is 5.75 Å². The van der Waals surface area contributed by atoms with Crippen molar-refractivity contribution in [3.8, 4) is 5.75 Å². The van der Waals surface area contributed by atoms with E-state index in [1.807, 2.05) is 37.3 Å². The summed E-state index contributed by atoms with van der Waals surface area (Å²) in [6.07, 6.45) is 0.736. The van der Waals surface area contributed by atoms with E-state index in [1.165, 1.54) is 4.31 Å². The van der Waals surface area contributed by atoms with Gasteiger partial charge in [-0.1, -0.05) is 18.2 Å². The van der Waals surface area contributed by atoms with Crippen molar-refractivity contribution in [3.05, 3.63) is 60.3 Å². The maximum atomic E-state index is 13.0. The van der Waals surface area contributed by atoms with Gasteiger partial charge in [0.05, 0.1) is 23.2 Å². The smallest absolute Gasteiger partial charge is 0.319 e. The highest BCUT2D eigenvalue weighted by Gasteiger charge is 2.33. The number of pyridine rings is 1. The van der Waals surface area contributed by atoms with Crippen molar-refractivity contribution < 1.29 is 17.9 Å². The lowest BCUT2D eigenvalue weighted by Crippen LogP contribution is -2.40. The van der Waals surface area contributed by atoms with Crippen LogP contribution in [-0.2, 0) is 10.0 Å². The van der Waals surface area contributed by atoms with Crippen LogP contribution < -0.4 is 15.4 Å². The third-order valence-electron chi connectivity index (χ3n) is 6.30. The second-order valence-corrected chi connectivity index (χ2v) is 10.6. The van der Waals surface area contributed by atoms with Gasteiger partial charge in [-0.15, -0.1) is 0 Å². The van der Waals surface area contributed by atoms with Gasteiger partial charge in [0, 0.05) is 43.8 Å². The first-order valence-electron chi connectivity index (χ1n) is 11.5. The van der Waals surface area contributed by atoms with Crippen LogP contribution in [0.25, 0.3) is 10.9 Å². The summed E-state index contributed by atoms with van der Waals surface area (Å²) in [5.41, 5.74) is 2.38. The van der Waals surface area contributed by atoms with Crippen molar-refractivity contribution in [1.82, 2.24) is 19.5 Å². The van der Waals surface area contributed by atoms with Gasteiger partial charge >= 0.3 is 6.03 Å². The highest BCUT2D eigenvalue weighted by molar-refractivity contribution is 7.89. The Kier molecular flexibility index (Phi) is 7.54. The van der Waals surface area contributed by atoms with Crippen LogP contribution in [0.1, 0.15) is 12.1 Å². The fraction of sp³-hybridized carbons (Fsp3) is 0.360. The van der Waals surface area contributed by atoms with E-state index in [0.29, 0.717) is 25.4 Å². The molecule has 1 aliphatic heterocycles. The minimum absolute atomic E-state index is 0.123. The van der Waals surface area contributed by atoms with E-state index >= 15 is 0 Å². The van der Waals surface area contributed by atoms with E-state index in [-0.39, 0.29) is 17.0 Å². The molecule has 1 atom stereocenters. The fourth-order valence-corrected chi connectivity index (χ4v) is 5.70. The number of hydrogen-bond acceptors (Lipinski definition) is 6. The molecule has 0 aliphatic carbocycles. The number of sulfonamides is 1. The molecule has 186 valence electrons. The molecule has 0 bridgehead atoms. The summed E-state index contributed by atoms with van der Waals surface area (Å²) in [6.45, 7) is 4.37. The van der Waals surface area contributed by atoms with Gasteiger partial charge < -0.3 is 15.4 Å². The van der Waals surface area contributed by atoms with E-state index in [0.717, 1.165) is 35.2 Å². The number of aryl methyl sites for hydroxylation is 1. The van der Waals surface area contributed by atoms with Crippen molar-refractivity contribution in [2.75, 3.05) is 45.7 Å². The predicted octanol–water partition coefficient (Wildman–Crippen LogP) is 3.07. The number of likely N-dealkylation sites (tertiary alicyclic amines) is 1. The maximum absolute atomic E-state index is 13.0. The van der Waals surface area contributed by atoms with Gasteiger partial charge in [0.15, 0.2) is 0 Å². The third-order valence-corrected chi connectivity index (χ3v) is 8.23. The lowest BCUT2D eigenvalue weighted by atomic mass is 10.1. The first-order chi connectivity index (χ1) is 16.8. The number of likely N-dealkylation sites (N-methyl/N-ethyl adjacent to an activating group) is 1. The zero-order valence-electron chi connectivity index (χ0n) is 20.2. The van der Waals surface area contributed by atoms with Crippen LogP contribution in [0.3, 0.4) is 0 Å². The lowest BCUT2D eigenvalue weighted by molar-refractivity contribution is 0.248. The van der Waals surface area contributed by atoms with Crippen molar-refractivity contribution in [2.45, 2.75) is 24.3 Å². The van der Waals surface area contributed by atoms with Gasteiger partial charge in [0.2, 0.25) is 10.0 Å². The van der Waals surface area contributed by atoms with E-state index in [4.69, 9.17) is 4.74 Å². The molecular weight excluding hydrogens is 466 g/mol. The summed E-state index contributed by atoms with van der Waals surface area (Å²) < 4.78 is 32.6. The number of fused-ring (bicyclic) bond motifs is 1. The maximum Gasteiger partial charge on any atom is 0.319 e. The molecular formula is C25H31N5O4S. The number of anilines is 1. The highest BCUT2D eigenvalue weighted by atomic mass is 32.2. The van der Waals surface area contributed by atoms with E-state index < -0.39 is 10.0 Å². The number of nitrogens with zero attached hydrogens (tertiary/aromatic N) is 3. The molecule has 10 heteroatoms. The fourth-order valence-electron chi connectivity index (χ4n) is 4.33. The van der Waals surface area contributed by atoms with Crippen LogP contribution in [0, 0.1) is 6.92 Å². The number of carbonyl (C=O) groups excluding carboxylic acids is 1. The zero-order chi connectivity index (χ0) is 25.0. The lowest BCUT2D eigenvalue weighted by Gasteiger charge is -2.24. The SMILES string of the molecule is COc1ccc(S(=O)(=O)N(C)C2CCN(CCNC(=O)Nc3cc(C)nc4ccccc34)C2)cc1. The van der Waals surface area contributed by atoms with Crippen LogP contribution in [0.2, 0.25) is 0 Å².